The van der Waals surface area contributed by atoms with Crippen molar-refractivity contribution in [2.24, 2.45) is 0 Å². The summed E-state index contributed by atoms with van der Waals surface area (Å²) >= 11 is 0. The third kappa shape index (κ3) is 4.92. The van der Waals surface area contributed by atoms with Crippen molar-refractivity contribution >= 4 is 23.4 Å². The molecule has 1 aliphatic heterocycles. The molecule has 0 saturated carbocycles. The molecule has 28 heavy (non-hydrogen) atoms. The Morgan fingerprint density at radius 3 is 2.43 bits per heavy atom. The quantitative estimate of drug-likeness (QED) is 0.683. The maximum absolute atomic E-state index is 12.5. The second-order valence-electron chi connectivity index (χ2n) is 6.69. The van der Waals surface area contributed by atoms with Crippen molar-refractivity contribution in [2.75, 3.05) is 19.4 Å². The van der Waals surface area contributed by atoms with Crippen LogP contribution in [-0.4, -0.2) is 60.0 Å². The summed E-state index contributed by atoms with van der Waals surface area (Å²) in [7, 11) is 3.26. The molecule has 0 aliphatic carbocycles. The molecule has 1 aromatic heterocycles. The number of nitrogens with zero attached hydrogens (tertiary/aromatic N) is 2. The fraction of sp³-hybridized carbons (Fsp3) is 0.300. The van der Waals surface area contributed by atoms with Gasteiger partial charge in [0.15, 0.2) is 12.2 Å². The highest BCUT2D eigenvalue weighted by Crippen LogP contribution is 2.24. The molecule has 8 nitrogen and oxygen atoms in total. The molecule has 2 heterocycles. The Hall–Kier alpha value is -3.26. The third-order valence-corrected chi connectivity index (χ3v) is 4.28. The van der Waals surface area contributed by atoms with Crippen LogP contribution >= 0.6 is 0 Å². The minimum atomic E-state index is -0.912. The van der Waals surface area contributed by atoms with Gasteiger partial charge < -0.3 is 20.3 Å². The number of pyridine rings is 1. The fourth-order valence-corrected chi connectivity index (χ4v) is 2.78. The number of likely N-dealkylation sites (N-methyl/N-ethyl adjacent to an activating group) is 1. The van der Waals surface area contributed by atoms with Crippen molar-refractivity contribution in [1.29, 1.82) is 0 Å². The number of aromatic nitrogens is 1. The largest absolute Gasteiger partial charge is 0.349 e. The van der Waals surface area contributed by atoms with Gasteiger partial charge >= 0.3 is 0 Å². The molecule has 1 aliphatic rings. The first kappa shape index (κ1) is 19.5. The number of anilines is 1. The Morgan fingerprint density at radius 1 is 1.07 bits per heavy atom. The average Bonchev–Trinajstić information content (AvgIpc) is 3.49. The van der Waals surface area contributed by atoms with Crippen LogP contribution in [0, 0.1) is 0 Å². The molecule has 1 fully saturated rings. The summed E-state index contributed by atoms with van der Waals surface area (Å²) in [5.74, 6) is -1.14. The highest BCUT2D eigenvalue weighted by atomic mass is 16.6. The van der Waals surface area contributed by atoms with Crippen molar-refractivity contribution < 1.29 is 19.1 Å². The van der Waals surface area contributed by atoms with Gasteiger partial charge in [0, 0.05) is 26.7 Å². The number of nitrogens with one attached hydrogen (secondary N) is 2. The Bertz CT molecular complexity index is 842. The van der Waals surface area contributed by atoms with Crippen LogP contribution in [0.4, 0.5) is 5.69 Å². The predicted octanol–water partition coefficient (Wildman–Crippen LogP) is 0.603. The molecule has 2 unspecified atom stereocenters. The SMILES string of the molecule is CN(C)C(=O)[C@H](Cc1ccccc1)NC(=O)C1OC1C(=O)Nc1cccnc1. The van der Waals surface area contributed by atoms with Gasteiger partial charge in [0.1, 0.15) is 6.04 Å². The van der Waals surface area contributed by atoms with Gasteiger partial charge in [-0.1, -0.05) is 30.3 Å². The topological polar surface area (TPSA) is 104 Å². The van der Waals surface area contributed by atoms with Crippen LogP contribution in [0.1, 0.15) is 5.56 Å². The van der Waals surface area contributed by atoms with E-state index in [0.717, 1.165) is 5.56 Å². The van der Waals surface area contributed by atoms with Gasteiger partial charge in [0.25, 0.3) is 11.8 Å². The molecule has 1 aromatic carbocycles. The lowest BCUT2D eigenvalue weighted by atomic mass is 10.0. The molecule has 3 amide bonds. The number of rotatable bonds is 7. The minimum absolute atomic E-state index is 0.228. The Morgan fingerprint density at radius 2 is 1.79 bits per heavy atom. The van der Waals surface area contributed by atoms with Crippen LogP contribution in [0.2, 0.25) is 0 Å². The van der Waals surface area contributed by atoms with Crippen LogP contribution in [0.25, 0.3) is 0 Å². The first-order valence-electron chi connectivity index (χ1n) is 8.87. The molecule has 3 rings (SSSR count). The second kappa shape index (κ2) is 8.62. The van der Waals surface area contributed by atoms with E-state index in [2.05, 4.69) is 15.6 Å². The van der Waals surface area contributed by atoms with Crippen LogP contribution in [-0.2, 0) is 25.5 Å². The normalized spacial score (nSPS) is 18.6. The number of amides is 3. The number of ether oxygens (including phenoxy) is 1. The van der Waals surface area contributed by atoms with E-state index in [0.29, 0.717) is 12.1 Å². The zero-order valence-corrected chi connectivity index (χ0v) is 15.7. The summed E-state index contributed by atoms with van der Waals surface area (Å²) in [6.45, 7) is 0. The first-order chi connectivity index (χ1) is 13.5. The van der Waals surface area contributed by atoms with Crippen LogP contribution < -0.4 is 10.6 Å². The summed E-state index contributed by atoms with van der Waals surface area (Å²) in [6.07, 6.45) is 1.65. The van der Waals surface area contributed by atoms with Crippen molar-refractivity contribution in [2.45, 2.75) is 24.7 Å². The standard InChI is InChI=1S/C20H22N4O4/c1-24(2)20(27)15(11-13-7-4-3-5-8-13)23-19(26)17-16(28-17)18(25)22-14-9-6-10-21-12-14/h3-10,12,15-17H,11H2,1-2H3,(H,22,25)(H,23,26)/t15-,16?,17?/m0/s1. The maximum Gasteiger partial charge on any atom is 0.256 e. The summed E-state index contributed by atoms with van der Waals surface area (Å²) in [6, 6.07) is 12.0. The predicted molar refractivity (Wildman–Crippen MR) is 102 cm³/mol. The zero-order chi connectivity index (χ0) is 20.1. The fourth-order valence-electron chi connectivity index (χ4n) is 2.78. The highest BCUT2D eigenvalue weighted by Gasteiger charge is 2.51. The molecule has 0 spiro atoms. The molecule has 1 saturated heterocycles. The Balaban J connectivity index is 1.59. The summed E-state index contributed by atoms with van der Waals surface area (Å²) in [5.41, 5.74) is 1.44. The molecular weight excluding hydrogens is 360 g/mol. The number of epoxide rings is 1. The van der Waals surface area contributed by atoms with Crippen molar-refractivity contribution in [3.63, 3.8) is 0 Å². The average molecular weight is 382 g/mol. The minimum Gasteiger partial charge on any atom is -0.349 e. The Kier molecular flexibility index (Phi) is 6.00. The molecule has 0 bridgehead atoms. The number of hydrogen-bond donors (Lipinski definition) is 2. The molecule has 0 radical (unpaired) electrons. The second-order valence-corrected chi connectivity index (χ2v) is 6.69. The summed E-state index contributed by atoms with van der Waals surface area (Å²) in [5, 5.41) is 5.35. The molecule has 2 aromatic rings. The Labute approximate surface area is 162 Å². The van der Waals surface area contributed by atoms with Gasteiger partial charge in [0.05, 0.1) is 11.9 Å². The molecule has 3 atom stereocenters. The first-order valence-corrected chi connectivity index (χ1v) is 8.87. The number of hydrogen-bond acceptors (Lipinski definition) is 5. The van der Waals surface area contributed by atoms with Crippen LogP contribution in [0.5, 0.6) is 0 Å². The number of carbonyl (C=O) groups is 3. The number of carbonyl (C=O) groups excluding carboxylic acids is 3. The van der Waals surface area contributed by atoms with Crippen molar-refractivity contribution in [3.05, 3.63) is 60.4 Å². The van der Waals surface area contributed by atoms with Gasteiger partial charge in [-0.15, -0.1) is 0 Å². The smallest absolute Gasteiger partial charge is 0.256 e. The third-order valence-electron chi connectivity index (χ3n) is 4.28. The van der Waals surface area contributed by atoms with E-state index in [4.69, 9.17) is 4.74 Å². The lowest BCUT2D eigenvalue weighted by Gasteiger charge is -2.21. The molecular formula is C20H22N4O4. The van der Waals surface area contributed by atoms with Gasteiger partial charge in [-0.2, -0.15) is 0 Å². The lowest BCUT2D eigenvalue weighted by Crippen LogP contribution is -2.49. The van der Waals surface area contributed by atoms with Gasteiger partial charge in [-0.05, 0) is 17.7 Å². The zero-order valence-electron chi connectivity index (χ0n) is 15.7. The van der Waals surface area contributed by atoms with E-state index in [1.54, 1.807) is 32.4 Å². The monoisotopic (exact) mass is 382 g/mol. The molecule has 8 heteroatoms. The van der Waals surface area contributed by atoms with E-state index in [9.17, 15) is 14.4 Å². The van der Waals surface area contributed by atoms with E-state index >= 15 is 0 Å². The number of benzene rings is 1. The molecule has 146 valence electrons. The van der Waals surface area contributed by atoms with E-state index in [-0.39, 0.29) is 5.91 Å². The lowest BCUT2D eigenvalue weighted by molar-refractivity contribution is -0.134. The van der Waals surface area contributed by atoms with E-state index in [1.807, 2.05) is 30.3 Å². The van der Waals surface area contributed by atoms with E-state index < -0.39 is 30.1 Å². The molecule has 2 N–H and O–H groups in total. The van der Waals surface area contributed by atoms with Crippen LogP contribution in [0.3, 0.4) is 0 Å². The highest BCUT2D eigenvalue weighted by molar-refractivity contribution is 6.02. The van der Waals surface area contributed by atoms with Crippen LogP contribution in [0.15, 0.2) is 54.9 Å². The van der Waals surface area contributed by atoms with Gasteiger partial charge in [-0.3, -0.25) is 19.4 Å². The maximum atomic E-state index is 12.5. The van der Waals surface area contributed by atoms with Gasteiger partial charge in [0.2, 0.25) is 5.91 Å². The van der Waals surface area contributed by atoms with E-state index in [1.165, 1.54) is 11.1 Å². The van der Waals surface area contributed by atoms with Gasteiger partial charge in [-0.25, -0.2) is 0 Å². The van der Waals surface area contributed by atoms with Crippen molar-refractivity contribution in [3.8, 4) is 0 Å². The summed E-state index contributed by atoms with van der Waals surface area (Å²) < 4.78 is 5.23. The van der Waals surface area contributed by atoms with Crippen molar-refractivity contribution in [1.82, 2.24) is 15.2 Å². The summed E-state index contributed by atoms with van der Waals surface area (Å²) in [4.78, 5) is 42.5.